The highest BCUT2D eigenvalue weighted by molar-refractivity contribution is 6.30. The van der Waals surface area contributed by atoms with Crippen LogP contribution in [0, 0.1) is 17.5 Å². The minimum absolute atomic E-state index is 0.120. The molecule has 176 valence electrons. The normalized spacial score (nSPS) is 13.4. The van der Waals surface area contributed by atoms with Crippen LogP contribution < -0.4 is 4.74 Å². The maximum atomic E-state index is 14.1. The molecule has 8 heteroatoms. The number of nitrogens with zero attached hydrogens (tertiary/aromatic N) is 1. The van der Waals surface area contributed by atoms with Gasteiger partial charge in [0.05, 0.1) is 11.3 Å². The molecule has 3 aromatic rings. The molecule has 0 fully saturated rings. The van der Waals surface area contributed by atoms with Crippen LogP contribution in [-0.4, -0.2) is 16.1 Å². The fourth-order valence-electron chi connectivity index (χ4n) is 4.18. The molecule has 4 rings (SSSR count). The monoisotopic (exact) mass is 487 g/mol. The second-order valence-corrected chi connectivity index (χ2v) is 8.41. The maximum Gasteiger partial charge on any atom is 0.337 e. The lowest BCUT2D eigenvalue weighted by atomic mass is 9.96. The van der Waals surface area contributed by atoms with Crippen molar-refractivity contribution in [3.8, 4) is 5.75 Å². The number of aromatic carboxylic acids is 1. The van der Waals surface area contributed by atoms with Crippen LogP contribution in [0.3, 0.4) is 0 Å². The van der Waals surface area contributed by atoms with Gasteiger partial charge in [0, 0.05) is 28.4 Å². The van der Waals surface area contributed by atoms with Crippen molar-refractivity contribution in [2.24, 2.45) is 0 Å². The number of carbonyl (C=O) groups is 1. The van der Waals surface area contributed by atoms with Crippen molar-refractivity contribution >= 4 is 28.7 Å². The number of allylic oxidation sites excluding steroid dienone is 2. The summed E-state index contributed by atoms with van der Waals surface area (Å²) < 4.78 is 46.7. The number of aromatic nitrogens is 1. The second kappa shape index (κ2) is 9.89. The van der Waals surface area contributed by atoms with Crippen LogP contribution in [-0.2, 0) is 13.0 Å². The van der Waals surface area contributed by atoms with Gasteiger partial charge < -0.3 is 9.84 Å². The first-order valence-corrected chi connectivity index (χ1v) is 11.2. The van der Waals surface area contributed by atoms with Crippen molar-refractivity contribution in [1.29, 1.82) is 0 Å². The first-order chi connectivity index (χ1) is 16.3. The lowest BCUT2D eigenvalue weighted by Crippen LogP contribution is -2.05. The first-order valence-electron chi connectivity index (χ1n) is 10.8. The van der Waals surface area contributed by atoms with Gasteiger partial charge in [0.15, 0.2) is 11.6 Å². The standard InChI is InChI=1S/C26H21ClF3NO3/c1-2-24-20(26(32)33)8-14(12-31-24)17-4-3-5-18(17)19-10-16(27)6-7-25(19)34-13-15-9-22(29)23(30)11-21(15)28/h6-12H,2-5,13H2,1H3,(H,32,33). The Morgan fingerprint density at radius 1 is 1.06 bits per heavy atom. The Morgan fingerprint density at radius 3 is 2.53 bits per heavy atom. The van der Waals surface area contributed by atoms with E-state index in [4.69, 9.17) is 16.3 Å². The fourth-order valence-corrected chi connectivity index (χ4v) is 4.35. The topological polar surface area (TPSA) is 59.4 Å². The lowest BCUT2D eigenvalue weighted by Gasteiger charge is -2.16. The molecular formula is C26H21ClF3NO3. The zero-order valence-corrected chi connectivity index (χ0v) is 19.1. The van der Waals surface area contributed by atoms with Gasteiger partial charge in [-0.25, -0.2) is 18.0 Å². The van der Waals surface area contributed by atoms with Gasteiger partial charge in [-0.3, -0.25) is 4.98 Å². The third kappa shape index (κ3) is 4.80. The molecule has 0 unspecified atom stereocenters. The number of halogens is 4. The SMILES string of the molecule is CCc1ncc(C2=C(c3cc(Cl)ccc3OCc3cc(F)c(F)cc3F)CCC2)cc1C(=O)O. The number of hydrogen-bond donors (Lipinski definition) is 1. The summed E-state index contributed by atoms with van der Waals surface area (Å²) in [6.45, 7) is 1.54. The number of pyridine rings is 1. The zero-order valence-electron chi connectivity index (χ0n) is 18.3. The van der Waals surface area contributed by atoms with Gasteiger partial charge in [-0.2, -0.15) is 0 Å². The molecule has 1 N–H and O–H groups in total. The number of carboxylic acids is 1. The van der Waals surface area contributed by atoms with Crippen LogP contribution in [0.25, 0.3) is 11.1 Å². The molecule has 0 amide bonds. The van der Waals surface area contributed by atoms with Gasteiger partial charge >= 0.3 is 5.97 Å². The molecule has 0 saturated heterocycles. The molecule has 1 heterocycles. The molecule has 0 radical (unpaired) electrons. The summed E-state index contributed by atoms with van der Waals surface area (Å²) in [6.07, 6.45) is 4.43. The Labute approximate surface area is 199 Å². The molecule has 0 atom stereocenters. The molecule has 0 saturated carbocycles. The highest BCUT2D eigenvalue weighted by Gasteiger charge is 2.23. The summed E-state index contributed by atoms with van der Waals surface area (Å²) in [5, 5.41) is 10.1. The van der Waals surface area contributed by atoms with Crippen molar-refractivity contribution < 1.29 is 27.8 Å². The maximum absolute atomic E-state index is 14.1. The predicted octanol–water partition coefficient (Wildman–Crippen LogP) is 7.09. The molecule has 0 bridgehead atoms. The van der Waals surface area contributed by atoms with E-state index in [1.807, 2.05) is 6.92 Å². The van der Waals surface area contributed by atoms with Crippen molar-refractivity contribution in [3.05, 3.63) is 93.0 Å². The Balaban J connectivity index is 1.73. The van der Waals surface area contributed by atoms with Gasteiger partial charge in [0.2, 0.25) is 0 Å². The molecule has 4 nitrogen and oxygen atoms in total. The van der Waals surface area contributed by atoms with Crippen LogP contribution in [0.4, 0.5) is 13.2 Å². The van der Waals surface area contributed by atoms with Crippen LogP contribution in [0.2, 0.25) is 5.02 Å². The van der Waals surface area contributed by atoms with E-state index in [0.717, 1.165) is 23.6 Å². The van der Waals surface area contributed by atoms with E-state index in [9.17, 15) is 23.1 Å². The highest BCUT2D eigenvalue weighted by Crippen LogP contribution is 2.44. The minimum atomic E-state index is -1.27. The number of rotatable bonds is 7. The summed E-state index contributed by atoms with van der Waals surface area (Å²) in [5.41, 5.74) is 3.80. The third-order valence-electron chi connectivity index (χ3n) is 5.84. The molecule has 0 aliphatic heterocycles. The molecule has 1 aromatic heterocycles. The van der Waals surface area contributed by atoms with E-state index < -0.39 is 23.4 Å². The van der Waals surface area contributed by atoms with Gasteiger partial charge in [-0.05, 0) is 72.7 Å². The molecule has 2 aromatic carbocycles. The van der Waals surface area contributed by atoms with Crippen LogP contribution in [0.15, 0.2) is 42.6 Å². The van der Waals surface area contributed by atoms with E-state index in [1.165, 1.54) is 0 Å². The fraction of sp³-hybridized carbons (Fsp3) is 0.231. The average molecular weight is 488 g/mol. The lowest BCUT2D eigenvalue weighted by molar-refractivity contribution is 0.0695. The molecule has 0 spiro atoms. The Kier molecular flexibility index (Phi) is 6.93. The number of ether oxygens (including phenoxy) is 1. The minimum Gasteiger partial charge on any atom is -0.488 e. The van der Waals surface area contributed by atoms with Crippen LogP contribution in [0.5, 0.6) is 5.75 Å². The number of benzene rings is 2. The number of hydrogen-bond acceptors (Lipinski definition) is 3. The first kappa shape index (κ1) is 23.8. The van der Waals surface area contributed by atoms with E-state index in [-0.39, 0.29) is 17.7 Å². The summed E-state index contributed by atoms with van der Waals surface area (Å²) in [6, 6.07) is 7.88. The Morgan fingerprint density at radius 2 is 1.79 bits per heavy atom. The summed E-state index contributed by atoms with van der Waals surface area (Å²) in [7, 11) is 0. The molecule has 1 aliphatic carbocycles. The average Bonchev–Trinajstić information content (AvgIpc) is 3.30. The van der Waals surface area contributed by atoms with Gasteiger partial charge in [-0.15, -0.1) is 0 Å². The predicted molar refractivity (Wildman–Crippen MR) is 123 cm³/mol. The highest BCUT2D eigenvalue weighted by atomic mass is 35.5. The van der Waals surface area contributed by atoms with Crippen LogP contribution in [0.1, 0.15) is 58.9 Å². The van der Waals surface area contributed by atoms with E-state index in [1.54, 1.807) is 30.5 Å². The second-order valence-electron chi connectivity index (χ2n) is 7.97. The van der Waals surface area contributed by atoms with Gasteiger partial charge in [-0.1, -0.05) is 18.5 Å². The van der Waals surface area contributed by atoms with Crippen molar-refractivity contribution in [2.45, 2.75) is 39.2 Å². The van der Waals surface area contributed by atoms with Crippen LogP contribution >= 0.6 is 11.6 Å². The van der Waals surface area contributed by atoms with Crippen molar-refractivity contribution in [2.75, 3.05) is 0 Å². The summed E-state index contributed by atoms with van der Waals surface area (Å²) in [4.78, 5) is 16.1. The zero-order chi connectivity index (χ0) is 24.4. The third-order valence-corrected chi connectivity index (χ3v) is 6.08. The molecule has 34 heavy (non-hydrogen) atoms. The molecular weight excluding hydrogens is 467 g/mol. The largest absolute Gasteiger partial charge is 0.488 e. The van der Waals surface area contributed by atoms with Gasteiger partial charge in [0.1, 0.15) is 18.2 Å². The van der Waals surface area contributed by atoms with E-state index in [2.05, 4.69) is 4.98 Å². The molecule has 1 aliphatic rings. The van der Waals surface area contributed by atoms with Gasteiger partial charge in [0.25, 0.3) is 0 Å². The number of carboxylic acid groups (broad SMARTS) is 1. The smallest absolute Gasteiger partial charge is 0.337 e. The van der Waals surface area contributed by atoms with E-state index in [0.29, 0.717) is 52.9 Å². The Bertz CT molecular complexity index is 1310. The quantitative estimate of drug-likeness (QED) is 0.361. The Hall–Kier alpha value is -3.32. The van der Waals surface area contributed by atoms with Crippen molar-refractivity contribution in [1.82, 2.24) is 4.98 Å². The van der Waals surface area contributed by atoms with Crippen molar-refractivity contribution in [3.63, 3.8) is 0 Å². The summed E-state index contributed by atoms with van der Waals surface area (Å²) >= 11 is 6.26. The number of aryl methyl sites for hydroxylation is 1. The summed E-state index contributed by atoms with van der Waals surface area (Å²) in [5.74, 6) is -3.96. The van der Waals surface area contributed by atoms with E-state index >= 15 is 0 Å².